The topological polar surface area (TPSA) is 54.8 Å². The smallest absolute Gasteiger partial charge is 0.184 e. The van der Waals surface area contributed by atoms with E-state index in [0.29, 0.717) is 12.0 Å². The molecule has 1 rings (SSSR count). The SMILES string of the molecule is C[C@H]1C[NH+](C)[C@@H](C)C/C1=N/NC(N)=S. The molecule has 3 atom stereocenters. The van der Waals surface area contributed by atoms with Crippen LogP contribution in [-0.2, 0) is 0 Å². The third-order valence-corrected chi connectivity index (χ3v) is 2.95. The molecule has 0 spiro atoms. The Morgan fingerprint density at radius 3 is 2.86 bits per heavy atom. The molecule has 0 amide bonds. The lowest BCUT2D eigenvalue weighted by molar-refractivity contribution is -0.908. The van der Waals surface area contributed by atoms with Crippen molar-refractivity contribution in [3.8, 4) is 0 Å². The third-order valence-electron chi connectivity index (χ3n) is 2.86. The first-order valence-electron chi connectivity index (χ1n) is 4.95. The molecule has 1 unspecified atom stereocenters. The fourth-order valence-corrected chi connectivity index (χ4v) is 1.82. The van der Waals surface area contributed by atoms with Crippen LogP contribution in [0, 0.1) is 5.92 Å². The first kappa shape index (κ1) is 11.4. The molecule has 0 aliphatic carbocycles. The number of nitrogens with two attached hydrogens (primary N) is 1. The molecule has 0 aromatic rings. The summed E-state index contributed by atoms with van der Waals surface area (Å²) in [6.45, 7) is 5.55. The van der Waals surface area contributed by atoms with Crippen molar-refractivity contribution in [2.45, 2.75) is 26.3 Å². The lowest BCUT2D eigenvalue weighted by atomic mass is 9.93. The van der Waals surface area contributed by atoms with Gasteiger partial charge in [0.1, 0.15) is 0 Å². The zero-order valence-corrected chi connectivity index (χ0v) is 9.82. The Balaban J connectivity index is 2.60. The van der Waals surface area contributed by atoms with E-state index in [-0.39, 0.29) is 5.11 Å². The lowest BCUT2D eigenvalue weighted by Gasteiger charge is -2.31. The number of nitrogens with zero attached hydrogens (tertiary/aromatic N) is 1. The minimum absolute atomic E-state index is 0.239. The van der Waals surface area contributed by atoms with Gasteiger partial charge in [-0.15, -0.1) is 0 Å². The molecular formula is C9H19N4S+. The Kier molecular flexibility index (Phi) is 3.83. The summed E-state index contributed by atoms with van der Waals surface area (Å²) in [5.74, 6) is 0.507. The van der Waals surface area contributed by atoms with Crippen LogP contribution >= 0.6 is 12.2 Å². The highest BCUT2D eigenvalue weighted by Gasteiger charge is 2.28. The van der Waals surface area contributed by atoms with Gasteiger partial charge in [-0.2, -0.15) is 5.10 Å². The van der Waals surface area contributed by atoms with E-state index in [9.17, 15) is 0 Å². The summed E-state index contributed by atoms with van der Waals surface area (Å²) in [6.07, 6.45) is 1.02. The van der Waals surface area contributed by atoms with Crippen molar-refractivity contribution in [3.05, 3.63) is 0 Å². The molecule has 0 aromatic carbocycles. The van der Waals surface area contributed by atoms with Gasteiger partial charge in [0.15, 0.2) is 5.11 Å². The number of thiocarbonyl (C=S) groups is 1. The van der Waals surface area contributed by atoms with Crippen LogP contribution in [0.2, 0.25) is 0 Å². The summed E-state index contributed by atoms with van der Waals surface area (Å²) in [7, 11) is 2.22. The maximum atomic E-state index is 5.33. The Bertz CT molecular complexity index is 251. The van der Waals surface area contributed by atoms with Crippen molar-refractivity contribution < 1.29 is 4.90 Å². The van der Waals surface area contributed by atoms with Crippen LogP contribution < -0.4 is 16.1 Å². The van der Waals surface area contributed by atoms with Crippen LogP contribution in [0.1, 0.15) is 20.3 Å². The summed E-state index contributed by atoms with van der Waals surface area (Å²) in [6, 6.07) is 0.623. The van der Waals surface area contributed by atoms with E-state index in [0.717, 1.165) is 13.0 Å². The molecule has 1 aliphatic heterocycles. The molecule has 0 aromatic heterocycles. The van der Waals surface area contributed by atoms with Crippen LogP contribution in [0.5, 0.6) is 0 Å². The van der Waals surface area contributed by atoms with Crippen LogP contribution in [0.4, 0.5) is 0 Å². The fraction of sp³-hybridized carbons (Fsp3) is 0.778. The first-order valence-corrected chi connectivity index (χ1v) is 5.35. The molecule has 5 heteroatoms. The van der Waals surface area contributed by atoms with Crippen LogP contribution in [0.3, 0.4) is 0 Å². The van der Waals surface area contributed by atoms with Gasteiger partial charge >= 0.3 is 0 Å². The summed E-state index contributed by atoms with van der Waals surface area (Å²) in [5, 5.41) is 4.48. The Morgan fingerprint density at radius 1 is 1.64 bits per heavy atom. The van der Waals surface area contributed by atoms with E-state index < -0.39 is 0 Å². The van der Waals surface area contributed by atoms with Crippen LogP contribution in [0.15, 0.2) is 5.10 Å². The number of hydrogen-bond acceptors (Lipinski definition) is 2. The highest BCUT2D eigenvalue weighted by Crippen LogP contribution is 2.07. The summed E-state index contributed by atoms with van der Waals surface area (Å²) in [4.78, 5) is 1.56. The molecular weight excluding hydrogens is 196 g/mol. The minimum atomic E-state index is 0.239. The van der Waals surface area contributed by atoms with Gasteiger partial charge in [-0.05, 0) is 19.1 Å². The van der Waals surface area contributed by atoms with Crippen molar-refractivity contribution in [1.82, 2.24) is 5.43 Å². The molecule has 4 N–H and O–H groups in total. The van der Waals surface area contributed by atoms with Crippen LogP contribution in [0.25, 0.3) is 0 Å². The third kappa shape index (κ3) is 2.92. The largest absolute Gasteiger partial charge is 0.375 e. The Labute approximate surface area is 90.5 Å². The van der Waals surface area contributed by atoms with Crippen molar-refractivity contribution in [2.75, 3.05) is 13.6 Å². The van der Waals surface area contributed by atoms with Crippen molar-refractivity contribution in [3.63, 3.8) is 0 Å². The van der Waals surface area contributed by atoms with Crippen molar-refractivity contribution in [1.29, 1.82) is 0 Å². The molecule has 0 saturated carbocycles. The number of nitrogens with one attached hydrogen (secondary N) is 2. The van der Waals surface area contributed by atoms with E-state index >= 15 is 0 Å². The summed E-state index contributed by atoms with van der Waals surface area (Å²) < 4.78 is 0. The van der Waals surface area contributed by atoms with E-state index in [1.807, 2.05) is 0 Å². The number of piperidine rings is 1. The standard InChI is InChI=1S/C9H18N4S/c1-6-5-13(3)7(2)4-8(6)11-12-9(10)14/h6-7H,4-5H2,1-3H3,(H3,10,12,14)/p+1/b11-8-/t6-,7-/m0/s1. The van der Waals surface area contributed by atoms with E-state index in [4.69, 9.17) is 18.0 Å². The predicted molar refractivity (Wildman–Crippen MR) is 62.4 cm³/mol. The van der Waals surface area contributed by atoms with Gasteiger partial charge in [0.25, 0.3) is 0 Å². The van der Waals surface area contributed by atoms with Gasteiger partial charge in [-0.1, -0.05) is 6.92 Å². The van der Waals surface area contributed by atoms with E-state index in [2.05, 4.69) is 31.4 Å². The first-order chi connectivity index (χ1) is 6.50. The number of hydrazone groups is 1. The maximum Gasteiger partial charge on any atom is 0.184 e. The number of quaternary nitrogens is 1. The van der Waals surface area contributed by atoms with Gasteiger partial charge in [0.2, 0.25) is 0 Å². The summed E-state index contributed by atoms with van der Waals surface area (Å²) >= 11 is 4.71. The van der Waals surface area contributed by atoms with Crippen molar-refractivity contribution in [2.24, 2.45) is 16.8 Å². The average molecular weight is 215 g/mol. The fourth-order valence-electron chi connectivity index (χ4n) is 1.77. The molecule has 0 bridgehead atoms. The molecule has 0 radical (unpaired) electrons. The summed E-state index contributed by atoms with van der Waals surface area (Å²) in [5.41, 5.74) is 9.17. The second-order valence-electron chi connectivity index (χ2n) is 4.14. The molecule has 4 nitrogen and oxygen atoms in total. The average Bonchev–Trinajstić information content (AvgIpc) is 2.09. The zero-order chi connectivity index (χ0) is 10.7. The van der Waals surface area contributed by atoms with Crippen LogP contribution in [-0.4, -0.2) is 30.5 Å². The Morgan fingerprint density at radius 2 is 2.29 bits per heavy atom. The number of likely N-dealkylation sites (tertiary alicyclic amines) is 1. The number of rotatable bonds is 1. The molecule has 1 fully saturated rings. The van der Waals surface area contributed by atoms with E-state index in [1.54, 1.807) is 4.90 Å². The maximum absolute atomic E-state index is 5.33. The highest BCUT2D eigenvalue weighted by molar-refractivity contribution is 7.80. The molecule has 1 saturated heterocycles. The normalized spacial score (nSPS) is 35.6. The van der Waals surface area contributed by atoms with E-state index in [1.165, 1.54) is 5.71 Å². The second kappa shape index (κ2) is 4.70. The van der Waals surface area contributed by atoms with Crippen molar-refractivity contribution >= 4 is 23.0 Å². The zero-order valence-electron chi connectivity index (χ0n) is 9.00. The minimum Gasteiger partial charge on any atom is -0.375 e. The monoisotopic (exact) mass is 215 g/mol. The van der Waals surface area contributed by atoms with Gasteiger partial charge in [-0.3, -0.25) is 5.43 Å². The predicted octanol–water partition coefficient (Wildman–Crippen LogP) is -0.881. The molecule has 14 heavy (non-hydrogen) atoms. The molecule has 1 heterocycles. The number of hydrogen-bond donors (Lipinski definition) is 3. The highest BCUT2D eigenvalue weighted by atomic mass is 32.1. The van der Waals surface area contributed by atoms with Gasteiger partial charge in [-0.25, -0.2) is 0 Å². The quantitative estimate of drug-likeness (QED) is 0.393. The van der Waals surface area contributed by atoms with Gasteiger partial charge in [0.05, 0.1) is 25.3 Å². The van der Waals surface area contributed by atoms with Gasteiger partial charge < -0.3 is 10.6 Å². The molecule has 1 aliphatic rings. The lowest BCUT2D eigenvalue weighted by Crippen LogP contribution is -3.14. The second-order valence-corrected chi connectivity index (χ2v) is 4.58. The van der Waals surface area contributed by atoms with Gasteiger partial charge in [0, 0.05) is 12.3 Å². The Hall–Kier alpha value is -0.680. The molecule has 80 valence electrons.